The number of rotatable bonds is 1. The molecule has 2 aromatic rings. The molecule has 0 atom stereocenters. The van der Waals surface area contributed by atoms with Gasteiger partial charge in [0.2, 0.25) is 0 Å². The molecule has 106 valence electrons. The van der Waals surface area contributed by atoms with Crippen molar-refractivity contribution in [3.63, 3.8) is 0 Å². The SMILES string of the molecule is Cc1cc(F)cc(F)c1-c1nc(C(C)(C)C)ccc1F. The Morgan fingerprint density at radius 1 is 0.950 bits per heavy atom. The van der Waals surface area contributed by atoms with Crippen molar-refractivity contribution in [1.82, 2.24) is 4.98 Å². The quantitative estimate of drug-likeness (QED) is 0.732. The molecule has 0 spiro atoms. The minimum Gasteiger partial charge on any atom is -0.249 e. The molecule has 0 unspecified atom stereocenters. The Bertz CT molecular complexity index is 634. The molecule has 1 aromatic carbocycles. The number of aromatic nitrogens is 1. The van der Waals surface area contributed by atoms with E-state index in [-0.39, 0.29) is 16.7 Å². The van der Waals surface area contributed by atoms with Crippen molar-refractivity contribution in [2.24, 2.45) is 0 Å². The van der Waals surface area contributed by atoms with Crippen LogP contribution in [0.1, 0.15) is 32.0 Å². The van der Waals surface area contributed by atoms with E-state index in [0.29, 0.717) is 11.3 Å². The molecule has 2 rings (SSSR count). The second kappa shape index (κ2) is 4.93. The summed E-state index contributed by atoms with van der Waals surface area (Å²) in [6, 6.07) is 4.76. The normalized spacial score (nSPS) is 11.8. The van der Waals surface area contributed by atoms with Crippen LogP contribution in [0, 0.1) is 24.4 Å². The lowest BCUT2D eigenvalue weighted by Crippen LogP contribution is -2.14. The zero-order valence-electron chi connectivity index (χ0n) is 11.9. The minimum atomic E-state index is -0.806. The molecule has 0 bridgehead atoms. The first-order valence-corrected chi connectivity index (χ1v) is 6.33. The summed E-state index contributed by atoms with van der Waals surface area (Å²) in [5.74, 6) is -2.11. The molecule has 1 heterocycles. The van der Waals surface area contributed by atoms with Gasteiger partial charge >= 0.3 is 0 Å². The molecule has 0 radical (unpaired) electrons. The maximum absolute atomic E-state index is 14.0. The molecule has 4 heteroatoms. The van der Waals surface area contributed by atoms with E-state index in [1.807, 2.05) is 20.8 Å². The number of halogens is 3. The molecule has 0 fully saturated rings. The van der Waals surface area contributed by atoms with E-state index in [2.05, 4.69) is 4.98 Å². The van der Waals surface area contributed by atoms with Crippen LogP contribution in [0.4, 0.5) is 13.2 Å². The van der Waals surface area contributed by atoms with Crippen LogP contribution in [0.2, 0.25) is 0 Å². The Kier molecular flexibility index (Phi) is 3.59. The maximum atomic E-state index is 14.0. The van der Waals surface area contributed by atoms with Gasteiger partial charge in [0.1, 0.15) is 23.1 Å². The van der Waals surface area contributed by atoms with E-state index in [4.69, 9.17) is 0 Å². The molecule has 1 nitrogen and oxygen atoms in total. The first-order valence-electron chi connectivity index (χ1n) is 6.33. The van der Waals surface area contributed by atoms with Crippen LogP contribution >= 0.6 is 0 Å². The lowest BCUT2D eigenvalue weighted by molar-refractivity contribution is 0.556. The summed E-state index contributed by atoms with van der Waals surface area (Å²) in [5, 5.41) is 0. The molecule has 1 aromatic heterocycles. The van der Waals surface area contributed by atoms with Crippen molar-refractivity contribution in [3.05, 3.63) is 53.0 Å². The van der Waals surface area contributed by atoms with Gasteiger partial charge in [-0.05, 0) is 30.7 Å². The second-order valence-corrected chi connectivity index (χ2v) is 5.86. The highest BCUT2D eigenvalue weighted by atomic mass is 19.1. The van der Waals surface area contributed by atoms with Gasteiger partial charge in [0.05, 0.1) is 0 Å². The van der Waals surface area contributed by atoms with Gasteiger partial charge < -0.3 is 0 Å². The summed E-state index contributed by atoms with van der Waals surface area (Å²) in [7, 11) is 0. The molecular weight excluding hydrogens is 263 g/mol. The van der Waals surface area contributed by atoms with Crippen LogP contribution in [0.25, 0.3) is 11.3 Å². The Labute approximate surface area is 116 Å². The number of benzene rings is 1. The number of hydrogen-bond donors (Lipinski definition) is 0. The predicted molar refractivity (Wildman–Crippen MR) is 73.0 cm³/mol. The Morgan fingerprint density at radius 2 is 1.60 bits per heavy atom. The van der Waals surface area contributed by atoms with Crippen LogP contribution in [0.3, 0.4) is 0 Å². The molecule has 0 amide bonds. The average molecular weight is 279 g/mol. The van der Waals surface area contributed by atoms with E-state index in [1.54, 1.807) is 6.07 Å². The highest BCUT2D eigenvalue weighted by Crippen LogP contribution is 2.30. The highest BCUT2D eigenvalue weighted by molar-refractivity contribution is 5.65. The fourth-order valence-corrected chi connectivity index (χ4v) is 2.04. The van der Waals surface area contributed by atoms with E-state index in [9.17, 15) is 13.2 Å². The van der Waals surface area contributed by atoms with E-state index >= 15 is 0 Å². The third-order valence-corrected chi connectivity index (χ3v) is 3.10. The average Bonchev–Trinajstić information content (AvgIpc) is 2.28. The summed E-state index contributed by atoms with van der Waals surface area (Å²) in [6.45, 7) is 7.34. The number of nitrogens with zero attached hydrogens (tertiary/aromatic N) is 1. The highest BCUT2D eigenvalue weighted by Gasteiger charge is 2.21. The van der Waals surface area contributed by atoms with Crippen molar-refractivity contribution in [3.8, 4) is 11.3 Å². The van der Waals surface area contributed by atoms with Gasteiger partial charge in [-0.2, -0.15) is 0 Å². The van der Waals surface area contributed by atoms with Crippen molar-refractivity contribution < 1.29 is 13.2 Å². The van der Waals surface area contributed by atoms with Crippen molar-refractivity contribution in [2.75, 3.05) is 0 Å². The molecule has 0 saturated heterocycles. The maximum Gasteiger partial charge on any atom is 0.149 e. The zero-order valence-corrected chi connectivity index (χ0v) is 11.9. The lowest BCUT2D eigenvalue weighted by atomic mass is 9.91. The monoisotopic (exact) mass is 279 g/mol. The van der Waals surface area contributed by atoms with E-state index in [1.165, 1.54) is 19.1 Å². The molecule has 0 aliphatic heterocycles. The fraction of sp³-hybridized carbons (Fsp3) is 0.312. The van der Waals surface area contributed by atoms with Gasteiger partial charge in [0.25, 0.3) is 0 Å². The second-order valence-electron chi connectivity index (χ2n) is 5.86. The van der Waals surface area contributed by atoms with Crippen LogP contribution in [0.15, 0.2) is 24.3 Å². The van der Waals surface area contributed by atoms with Gasteiger partial charge in [-0.25, -0.2) is 18.2 Å². The van der Waals surface area contributed by atoms with Gasteiger partial charge in [-0.3, -0.25) is 0 Å². The Hall–Kier alpha value is -1.84. The first kappa shape index (κ1) is 14.6. The number of aryl methyl sites for hydroxylation is 1. The molecular formula is C16H16F3N. The van der Waals surface area contributed by atoms with Gasteiger partial charge in [-0.15, -0.1) is 0 Å². The van der Waals surface area contributed by atoms with Crippen molar-refractivity contribution in [2.45, 2.75) is 33.1 Å². The topological polar surface area (TPSA) is 12.9 Å². The molecule has 0 aliphatic rings. The van der Waals surface area contributed by atoms with Crippen LogP contribution < -0.4 is 0 Å². The summed E-state index contributed by atoms with van der Waals surface area (Å²) in [6.07, 6.45) is 0. The largest absolute Gasteiger partial charge is 0.249 e. The zero-order chi connectivity index (χ0) is 15.1. The van der Waals surface area contributed by atoms with Crippen LogP contribution in [-0.2, 0) is 5.41 Å². The van der Waals surface area contributed by atoms with Crippen molar-refractivity contribution in [1.29, 1.82) is 0 Å². The van der Waals surface area contributed by atoms with Crippen LogP contribution in [0.5, 0.6) is 0 Å². The summed E-state index contributed by atoms with van der Waals surface area (Å²) in [4.78, 5) is 4.23. The third kappa shape index (κ3) is 2.69. The van der Waals surface area contributed by atoms with Crippen LogP contribution in [-0.4, -0.2) is 4.98 Å². The third-order valence-electron chi connectivity index (χ3n) is 3.10. The molecule has 0 N–H and O–H groups in total. The summed E-state index contributed by atoms with van der Waals surface area (Å²) >= 11 is 0. The summed E-state index contributed by atoms with van der Waals surface area (Å²) in [5.41, 5.74) is 0.617. The minimum absolute atomic E-state index is 0.00926. The number of hydrogen-bond acceptors (Lipinski definition) is 1. The smallest absolute Gasteiger partial charge is 0.149 e. The predicted octanol–water partition coefficient (Wildman–Crippen LogP) is 4.77. The Morgan fingerprint density at radius 3 is 2.15 bits per heavy atom. The van der Waals surface area contributed by atoms with E-state index < -0.39 is 17.5 Å². The first-order chi connectivity index (χ1) is 9.20. The van der Waals surface area contributed by atoms with Gasteiger partial charge in [0.15, 0.2) is 0 Å². The molecule has 0 saturated carbocycles. The standard InChI is InChI=1S/C16H16F3N/c1-9-7-10(17)8-12(19)14(9)15-11(18)5-6-13(20-15)16(2,3)4/h5-8H,1-4H3. The summed E-state index contributed by atoms with van der Waals surface area (Å²) < 4.78 is 41.1. The van der Waals surface area contributed by atoms with Gasteiger partial charge in [0, 0.05) is 22.7 Å². The van der Waals surface area contributed by atoms with E-state index in [0.717, 1.165) is 6.07 Å². The fourth-order valence-electron chi connectivity index (χ4n) is 2.04. The molecule has 20 heavy (non-hydrogen) atoms. The molecule has 0 aliphatic carbocycles. The Balaban J connectivity index is 2.70. The lowest BCUT2D eigenvalue weighted by Gasteiger charge is -2.19. The van der Waals surface area contributed by atoms with Crippen molar-refractivity contribution >= 4 is 0 Å². The van der Waals surface area contributed by atoms with Gasteiger partial charge in [-0.1, -0.05) is 20.8 Å². The number of pyridine rings is 1.